The Morgan fingerprint density at radius 3 is 1.89 bits per heavy atom. The molecule has 382 valence electrons. The number of carboxylic acid groups (broad SMARTS) is 3. The molecule has 7 N–H and O–H groups in total. The van der Waals surface area contributed by atoms with Gasteiger partial charge in [-0.25, -0.2) is 4.98 Å². The van der Waals surface area contributed by atoms with Gasteiger partial charge in [-0.3, -0.25) is 53.2 Å². The first-order chi connectivity index (χ1) is 33.8. The molecule has 0 bridgehead atoms. The zero-order chi connectivity index (χ0) is 50.5. The Hall–Kier alpha value is -6.82. The molecule has 2 heterocycles. The van der Waals surface area contributed by atoms with Crippen molar-refractivity contribution in [1.29, 1.82) is 0 Å². The quantitative estimate of drug-likeness (QED) is 0.0375. The Balaban J connectivity index is 1.08. The molecule has 1 aliphatic rings. The van der Waals surface area contributed by atoms with Crippen LogP contribution in [0, 0.1) is 6.92 Å². The molecule has 23 heteroatoms. The molecule has 23 nitrogen and oxygen atoms in total. The van der Waals surface area contributed by atoms with Crippen molar-refractivity contribution in [3.05, 3.63) is 66.0 Å². The topological polar surface area (TPSA) is 298 Å². The molecule has 2 aromatic carbocycles. The van der Waals surface area contributed by atoms with E-state index < -0.39 is 23.9 Å². The van der Waals surface area contributed by atoms with Crippen LogP contribution in [0.2, 0.25) is 0 Å². The third-order valence-electron chi connectivity index (χ3n) is 11.5. The second-order valence-electron chi connectivity index (χ2n) is 16.7. The highest BCUT2D eigenvalue weighted by Gasteiger charge is 2.28. The number of amides is 3. The van der Waals surface area contributed by atoms with E-state index >= 15 is 0 Å². The lowest BCUT2D eigenvalue weighted by Crippen LogP contribution is -2.51. The van der Waals surface area contributed by atoms with E-state index in [1.807, 2.05) is 30.3 Å². The van der Waals surface area contributed by atoms with E-state index in [1.165, 1.54) is 6.33 Å². The number of anilines is 1. The minimum atomic E-state index is -1.14. The fourth-order valence-corrected chi connectivity index (χ4v) is 7.66. The maximum atomic E-state index is 12.8. The number of rotatable bonds is 29. The van der Waals surface area contributed by atoms with Crippen molar-refractivity contribution in [1.82, 2.24) is 50.5 Å². The predicted molar refractivity (Wildman–Crippen MR) is 255 cm³/mol. The van der Waals surface area contributed by atoms with Crippen molar-refractivity contribution in [3.63, 3.8) is 0 Å². The number of aromatic nitrogens is 3. The smallest absolute Gasteiger partial charge is 0.321 e. The number of aliphatic carboxylic acids is 3. The van der Waals surface area contributed by atoms with Gasteiger partial charge in [-0.2, -0.15) is 9.97 Å². The van der Waals surface area contributed by atoms with Gasteiger partial charge in [0.25, 0.3) is 6.47 Å². The van der Waals surface area contributed by atoms with Crippen LogP contribution in [0.4, 0.5) is 5.95 Å². The van der Waals surface area contributed by atoms with Gasteiger partial charge in [0.05, 0.1) is 13.1 Å². The molecule has 1 aliphatic heterocycles. The second kappa shape index (κ2) is 31.3. The molecule has 1 fully saturated rings. The molecule has 0 aliphatic carbocycles. The third-order valence-corrected chi connectivity index (χ3v) is 11.5. The van der Waals surface area contributed by atoms with Crippen LogP contribution in [0.15, 0.2) is 54.9 Å². The summed E-state index contributed by atoms with van der Waals surface area (Å²) in [6.07, 6.45) is 3.26. The molecule has 3 aromatic rings. The summed E-state index contributed by atoms with van der Waals surface area (Å²) in [5.41, 5.74) is 4.34. The van der Waals surface area contributed by atoms with Crippen LogP contribution >= 0.6 is 0 Å². The zero-order valence-electron chi connectivity index (χ0n) is 39.8. The minimum absolute atomic E-state index is 0.0116. The highest BCUT2D eigenvalue weighted by molar-refractivity contribution is 5.83. The first-order valence-corrected chi connectivity index (χ1v) is 23.4. The lowest BCUT2D eigenvalue weighted by atomic mass is 9.97. The van der Waals surface area contributed by atoms with Crippen LogP contribution in [-0.4, -0.2) is 196 Å². The molecule has 70 heavy (non-hydrogen) atoms. The molecule has 1 saturated heterocycles. The Labute approximate surface area is 407 Å². The average Bonchev–Trinajstić information content (AvgIpc) is 3.33. The fraction of sp³-hybridized carbons (Fsp3) is 0.532. The van der Waals surface area contributed by atoms with Gasteiger partial charge in [0.1, 0.15) is 25.7 Å². The number of carboxylic acids is 3. The lowest BCUT2D eigenvalue weighted by molar-refractivity contribution is -0.145. The van der Waals surface area contributed by atoms with Gasteiger partial charge in [0.15, 0.2) is 0 Å². The Bertz CT molecular complexity index is 2140. The summed E-state index contributed by atoms with van der Waals surface area (Å²) in [5, 5.41) is 40.5. The zero-order valence-corrected chi connectivity index (χ0v) is 39.8. The van der Waals surface area contributed by atoms with Crippen LogP contribution in [0.1, 0.15) is 56.1 Å². The molecule has 0 saturated carbocycles. The van der Waals surface area contributed by atoms with Gasteiger partial charge in [-0.15, -0.1) is 0 Å². The standard InChI is InChI=1S/C47H67N11O12/c1-35-37(11-8-12-38(35)36-9-4-2-5-10-36)31-70-47-53-32-52-46(54-47)51-20-19-50-42(62)16-15-41(61)49-18-7-3-6-17-48-40(60)14-13-39(45(67)68)58-27-25-56(30-44(65)66)22-21-55(29-43(63)64)23-24-57(26-28-58)33-69-34-59/h2,4-5,8-12,32,34,39H,3,6-7,13-31,33H2,1H3,(H,48,60)(H,49,61)(H,50,62)(H,63,64)(H,65,66)(H,67,68)(H,51,52,53,54). The molecular weight excluding hydrogens is 911 g/mol. The monoisotopic (exact) mass is 977 g/mol. The normalized spacial score (nSPS) is 14.8. The summed E-state index contributed by atoms with van der Waals surface area (Å²) in [5.74, 6) is -3.84. The van der Waals surface area contributed by atoms with Gasteiger partial charge in [0.2, 0.25) is 23.7 Å². The molecule has 0 radical (unpaired) electrons. The number of nitrogens with zero attached hydrogens (tertiary/aromatic N) is 7. The van der Waals surface area contributed by atoms with Crippen LogP contribution in [0.25, 0.3) is 11.1 Å². The number of hydrogen-bond acceptors (Lipinski definition) is 17. The molecule has 4 rings (SSSR count). The van der Waals surface area contributed by atoms with Crippen LogP contribution in [0.5, 0.6) is 6.01 Å². The van der Waals surface area contributed by atoms with Crippen molar-refractivity contribution >= 4 is 48.1 Å². The number of carbonyl (C=O) groups excluding carboxylic acids is 4. The van der Waals surface area contributed by atoms with Crippen molar-refractivity contribution in [2.24, 2.45) is 0 Å². The van der Waals surface area contributed by atoms with Crippen molar-refractivity contribution in [3.8, 4) is 17.1 Å². The lowest BCUT2D eigenvalue weighted by Gasteiger charge is -2.35. The van der Waals surface area contributed by atoms with Gasteiger partial charge in [-0.1, -0.05) is 48.5 Å². The van der Waals surface area contributed by atoms with Crippen molar-refractivity contribution in [2.75, 3.05) is 104 Å². The molecule has 3 amide bonds. The molecule has 1 unspecified atom stereocenters. The van der Waals surface area contributed by atoms with Crippen LogP contribution in [-0.2, 0) is 44.9 Å². The number of carbonyl (C=O) groups is 7. The van der Waals surface area contributed by atoms with Crippen LogP contribution in [0.3, 0.4) is 0 Å². The molecular formula is C47H67N11O12. The first kappa shape index (κ1) is 55.8. The predicted octanol–water partition coefficient (Wildman–Crippen LogP) is 0.892. The summed E-state index contributed by atoms with van der Waals surface area (Å²) in [6, 6.07) is 15.3. The average molecular weight is 978 g/mol. The van der Waals surface area contributed by atoms with Gasteiger partial charge in [0, 0.05) is 97.8 Å². The number of unbranched alkanes of at least 4 members (excludes halogenated alkanes) is 2. The maximum absolute atomic E-state index is 12.8. The van der Waals surface area contributed by atoms with Crippen LogP contribution < -0.4 is 26.0 Å². The van der Waals surface area contributed by atoms with E-state index in [4.69, 9.17) is 9.47 Å². The Morgan fingerprint density at radius 2 is 1.27 bits per heavy atom. The van der Waals surface area contributed by atoms with Gasteiger partial charge < -0.3 is 46.1 Å². The summed E-state index contributed by atoms with van der Waals surface area (Å²) in [7, 11) is 0. The number of nitrogens with one attached hydrogen (secondary N) is 4. The highest BCUT2D eigenvalue weighted by Crippen LogP contribution is 2.26. The minimum Gasteiger partial charge on any atom is -0.480 e. The number of hydrogen-bond donors (Lipinski definition) is 7. The van der Waals surface area contributed by atoms with E-state index in [0.29, 0.717) is 57.9 Å². The fourth-order valence-electron chi connectivity index (χ4n) is 7.66. The third kappa shape index (κ3) is 21.6. The molecule has 1 atom stereocenters. The summed E-state index contributed by atoms with van der Waals surface area (Å²) >= 11 is 0. The second-order valence-corrected chi connectivity index (χ2v) is 16.7. The van der Waals surface area contributed by atoms with Crippen molar-refractivity contribution in [2.45, 2.75) is 64.5 Å². The van der Waals surface area contributed by atoms with E-state index in [-0.39, 0.29) is 128 Å². The van der Waals surface area contributed by atoms with E-state index in [1.54, 1.807) is 19.6 Å². The van der Waals surface area contributed by atoms with E-state index in [9.17, 15) is 48.9 Å². The number of benzene rings is 2. The first-order valence-electron chi connectivity index (χ1n) is 23.4. The largest absolute Gasteiger partial charge is 0.480 e. The Morgan fingerprint density at radius 1 is 0.686 bits per heavy atom. The van der Waals surface area contributed by atoms with Gasteiger partial charge >= 0.3 is 23.9 Å². The van der Waals surface area contributed by atoms with Crippen molar-refractivity contribution < 1.29 is 58.4 Å². The molecule has 1 aromatic heterocycles. The SMILES string of the molecule is Cc1c(COc2ncnc(NCCNC(=O)CCC(=O)NCCCCCNC(=O)CCC(C(=O)O)N3CCN(COC=O)CCN(CC(=O)O)CCN(CC(=O)O)CC3)n2)cccc1-c1ccccc1. The van der Waals surface area contributed by atoms with E-state index in [0.717, 1.165) is 22.3 Å². The maximum Gasteiger partial charge on any atom is 0.321 e. The molecule has 0 spiro atoms. The summed E-state index contributed by atoms with van der Waals surface area (Å²) in [4.78, 5) is 103. The summed E-state index contributed by atoms with van der Waals surface area (Å²) < 4.78 is 10.8. The van der Waals surface area contributed by atoms with Gasteiger partial charge in [-0.05, 0) is 54.9 Å². The van der Waals surface area contributed by atoms with E-state index in [2.05, 4.69) is 61.3 Å². The highest BCUT2D eigenvalue weighted by atomic mass is 16.5. The number of ether oxygens (including phenoxy) is 2. The summed E-state index contributed by atoms with van der Waals surface area (Å²) in [6.45, 7) is 5.13. The Kier molecular flexibility index (Phi) is 25.0.